The van der Waals surface area contributed by atoms with Gasteiger partial charge in [-0.25, -0.2) is 0 Å². The third-order valence-electron chi connectivity index (χ3n) is 1.66. The smallest absolute Gasteiger partial charge is 1.00 e. The van der Waals surface area contributed by atoms with Crippen LogP contribution in [0.1, 0.15) is 25.3 Å². The van der Waals surface area contributed by atoms with E-state index in [0.29, 0.717) is 0 Å². The van der Waals surface area contributed by atoms with Gasteiger partial charge in [0.2, 0.25) is 0 Å². The van der Waals surface area contributed by atoms with E-state index in [9.17, 15) is 0 Å². The van der Waals surface area contributed by atoms with Gasteiger partial charge in [0.05, 0.1) is 0 Å². The van der Waals surface area contributed by atoms with Gasteiger partial charge in [0.1, 0.15) is 0 Å². The minimum Gasteiger partial charge on any atom is -1.00 e. The molecule has 0 saturated heterocycles. The van der Waals surface area contributed by atoms with Crippen LogP contribution < -0.4 is 34.0 Å². The predicted molar refractivity (Wildman–Crippen MR) is 50.8 cm³/mol. The van der Waals surface area contributed by atoms with Crippen LogP contribution in [0, 0.1) is 0 Å². The summed E-state index contributed by atoms with van der Waals surface area (Å²) < 4.78 is 0. The molecule has 0 spiro atoms. The van der Waals surface area contributed by atoms with Gasteiger partial charge in [0.25, 0.3) is 0 Å². The molecule has 13 heavy (non-hydrogen) atoms. The summed E-state index contributed by atoms with van der Waals surface area (Å²) >= 11 is 0. The van der Waals surface area contributed by atoms with E-state index < -0.39 is 0 Å². The molecule has 1 aromatic carbocycles. The van der Waals surface area contributed by atoms with Crippen molar-refractivity contribution >= 4 is 23.1 Å². The fraction of sp³-hybridized carbons (Fsp3) is 0.400. The van der Waals surface area contributed by atoms with Gasteiger partial charge in [0, 0.05) is 0 Å². The summed E-state index contributed by atoms with van der Waals surface area (Å²) in [5.74, 6) is 0. The Balaban J connectivity index is -0.000000333. The van der Waals surface area contributed by atoms with Gasteiger partial charge in [-0.2, -0.15) is 0 Å². The Labute approximate surface area is 118 Å². The van der Waals surface area contributed by atoms with E-state index in [1.807, 2.05) is 0 Å². The maximum atomic E-state index is 2.23. The van der Waals surface area contributed by atoms with Gasteiger partial charge >= 0.3 is 23.1 Å². The summed E-state index contributed by atoms with van der Waals surface area (Å²) in [6, 6.07) is 10.6. The van der Waals surface area contributed by atoms with Crippen molar-refractivity contribution in [3.05, 3.63) is 35.9 Å². The predicted octanol–water partition coefficient (Wildman–Crippen LogP) is -3.34. The number of halogens is 2. The quantitative estimate of drug-likeness (QED) is 0.511. The van der Waals surface area contributed by atoms with Crippen LogP contribution in [0.4, 0.5) is 0 Å². The Morgan fingerprint density at radius 3 is 2.00 bits per heavy atom. The van der Waals surface area contributed by atoms with Gasteiger partial charge in [0.15, 0.2) is 0 Å². The maximum Gasteiger partial charge on any atom is 2.00 e. The normalized spacial score (nSPS) is 7.46. The number of rotatable bonds is 3. The fourth-order valence-electron chi connectivity index (χ4n) is 1.03. The first-order valence-electron chi connectivity index (χ1n) is 3.97. The SMILES string of the molecule is CCCCc1ccccc1.[Br-].[Br-].[Mg+2]. The Morgan fingerprint density at radius 2 is 1.54 bits per heavy atom. The Kier molecular flexibility index (Phi) is 19.4. The van der Waals surface area contributed by atoms with Crippen LogP contribution in [0.3, 0.4) is 0 Å². The third kappa shape index (κ3) is 9.26. The second-order valence-corrected chi connectivity index (χ2v) is 2.59. The van der Waals surface area contributed by atoms with E-state index in [0.717, 1.165) is 0 Å². The molecule has 0 saturated carbocycles. The van der Waals surface area contributed by atoms with Gasteiger partial charge in [-0.05, 0) is 18.4 Å². The summed E-state index contributed by atoms with van der Waals surface area (Å²) in [5.41, 5.74) is 1.46. The number of hydrogen-bond donors (Lipinski definition) is 0. The molecule has 0 bridgehead atoms. The number of unbranched alkanes of at least 4 members (excludes halogenated alkanes) is 1. The number of aryl methyl sites for hydroxylation is 1. The van der Waals surface area contributed by atoms with Gasteiger partial charge in [-0.3, -0.25) is 0 Å². The fourth-order valence-corrected chi connectivity index (χ4v) is 1.03. The largest absolute Gasteiger partial charge is 2.00 e. The maximum absolute atomic E-state index is 2.23. The Hall–Kier alpha value is 0.946. The molecule has 0 aromatic heterocycles. The summed E-state index contributed by atoms with van der Waals surface area (Å²) in [4.78, 5) is 0. The van der Waals surface area contributed by atoms with Crippen LogP contribution in [0.25, 0.3) is 0 Å². The zero-order valence-electron chi connectivity index (χ0n) is 7.97. The monoisotopic (exact) mass is 316 g/mol. The van der Waals surface area contributed by atoms with Crippen molar-refractivity contribution < 1.29 is 34.0 Å². The molecule has 3 heteroatoms. The van der Waals surface area contributed by atoms with E-state index in [-0.39, 0.29) is 57.0 Å². The molecule has 0 nitrogen and oxygen atoms in total. The van der Waals surface area contributed by atoms with Crippen LogP contribution in [-0.2, 0) is 6.42 Å². The minimum absolute atomic E-state index is 0. The molecular formula is C10H14Br2Mg. The summed E-state index contributed by atoms with van der Waals surface area (Å²) in [6.07, 6.45) is 3.83. The molecule has 1 aromatic rings. The van der Waals surface area contributed by atoms with E-state index in [4.69, 9.17) is 0 Å². The van der Waals surface area contributed by atoms with Crippen molar-refractivity contribution in [3.8, 4) is 0 Å². The minimum atomic E-state index is 0. The second-order valence-electron chi connectivity index (χ2n) is 2.59. The molecule has 1 rings (SSSR count). The van der Waals surface area contributed by atoms with Gasteiger partial charge < -0.3 is 34.0 Å². The van der Waals surface area contributed by atoms with E-state index in [2.05, 4.69) is 37.3 Å². The van der Waals surface area contributed by atoms with E-state index in [1.54, 1.807) is 0 Å². The van der Waals surface area contributed by atoms with Gasteiger partial charge in [-0.1, -0.05) is 43.7 Å². The molecule has 0 atom stereocenters. The van der Waals surface area contributed by atoms with Crippen molar-refractivity contribution in [1.29, 1.82) is 0 Å². The Morgan fingerprint density at radius 1 is 1.00 bits per heavy atom. The molecule has 0 fully saturated rings. The van der Waals surface area contributed by atoms with Crippen LogP contribution in [0.5, 0.6) is 0 Å². The topological polar surface area (TPSA) is 0 Å². The molecule has 0 amide bonds. The molecule has 0 aliphatic heterocycles. The molecule has 0 unspecified atom stereocenters. The van der Waals surface area contributed by atoms with E-state index in [1.165, 1.54) is 24.8 Å². The van der Waals surface area contributed by atoms with Crippen LogP contribution in [0.2, 0.25) is 0 Å². The van der Waals surface area contributed by atoms with E-state index >= 15 is 0 Å². The van der Waals surface area contributed by atoms with Crippen molar-refractivity contribution in [3.63, 3.8) is 0 Å². The zero-order valence-corrected chi connectivity index (χ0v) is 12.6. The Bertz CT molecular complexity index is 178. The second kappa shape index (κ2) is 12.9. The average molecular weight is 318 g/mol. The first-order chi connectivity index (χ1) is 4.93. The molecule has 0 radical (unpaired) electrons. The third-order valence-corrected chi connectivity index (χ3v) is 1.66. The number of hydrogen-bond acceptors (Lipinski definition) is 0. The molecule has 0 aliphatic rings. The van der Waals surface area contributed by atoms with Crippen molar-refractivity contribution in [2.45, 2.75) is 26.2 Å². The summed E-state index contributed by atoms with van der Waals surface area (Å²) in [5, 5.41) is 0. The summed E-state index contributed by atoms with van der Waals surface area (Å²) in [7, 11) is 0. The average Bonchev–Trinajstić information content (AvgIpc) is 2.03. The van der Waals surface area contributed by atoms with Crippen LogP contribution in [0.15, 0.2) is 30.3 Å². The molecule has 70 valence electrons. The molecule has 0 aliphatic carbocycles. The van der Waals surface area contributed by atoms with Crippen molar-refractivity contribution in [2.75, 3.05) is 0 Å². The van der Waals surface area contributed by atoms with Crippen LogP contribution in [-0.4, -0.2) is 23.1 Å². The van der Waals surface area contributed by atoms with Crippen LogP contribution >= 0.6 is 0 Å². The van der Waals surface area contributed by atoms with Crippen molar-refractivity contribution in [1.82, 2.24) is 0 Å². The molecular weight excluding hydrogens is 304 g/mol. The van der Waals surface area contributed by atoms with Gasteiger partial charge in [-0.15, -0.1) is 0 Å². The first-order valence-corrected chi connectivity index (χ1v) is 3.97. The zero-order chi connectivity index (χ0) is 7.23. The number of benzene rings is 1. The van der Waals surface area contributed by atoms with Crippen molar-refractivity contribution in [2.24, 2.45) is 0 Å². The summed E-state index contributed by atoms with van der Waals surface area (Å²) in [6.45, 7) is 2.23. The molecule has 0 N–H and O–H groups in total. The first kappa shape index (κ1) is 19.5. The standard InChI is InChI=1S/C10H14.2BrH.Mg/c1-2-3-7-10-8-5-4-6-9-10;;;/h4-6,8-9H,2-3,7H2,1H3;2*1H;/q;;;+2/p-2. The molecule has 0 heterocycles.